The molecule has 1 rings (SSSR count). The number of aromatic nitrogens is 2. The summed E-state index contributed by atoms with van der Waals surface area (Å²) in [5.74, 6) is 0. The normalized spacial score (nSPS) is 15.3. The first kappa shape index (κ1) is 12.2. The molecule has 1 aromatic heterocycles. The van der Waals surface area contributed by atoms with E-state index in [9.17, 15) is 0 Å². The molecule has 86 valence electrons. The summed E-state index contributed by atoms with van der Waals surface area (Å²) in [4.78, 5) is 0. The first-order valence-electron chi connectivity index (χ1n) is 5.79. The maximum atomic E-state index is 6.24. The minimum atomic E-state index is -0.104. The Hall–Kier alpha value is -0.830. The summed E-state index contributed by atoms with van der Waals surface area (Å²) in [5.41, 5.74) is 8.53. The van der Waals surface area contributed by atoms with Crippen LogP contribution in [0.1, 0.15) is 45.0 Å². The van der Waals surface area contributed by atoms with E-state index >= 15 is 0 Å². The molecule has 1 atom stereocenters. The average molecular weight is 209 g/mol. The smallest absolute Gasteiger partial charge is 0.0624 e. The van der Waals surface area contributed by atoms with Gasteiger partial charge in [0.25, 0.3) is 0 Å². The molecule has 1 heterocycles. The number of hydrogen-bond acceptors (Lipinski definition) is 2. The van der Waals surface area contributed by atoms with Crippen molar-refractivity contribution in [1.29, 1.82) is 0 Å². The minimum Gasteiger partial charge on any atom is -0.325 e. The maximum absolute atomic E-state index is 6.24. The molecular formula is C12H23N3. The van der Waals surface area contributed by atoms with E-state index < -0.39 is 0 Å². The molecule has 15 heavy (non-hydrogen) atoms. The highest BCUT2D eigenvalue weighted by molar-refractivity contribution is 5.13. The highest BCUT2D eigenvalue weighted by Crippen LogP contribution is 2.16. The first-order chi connectivity index (χ1) is 6.98. The van der Waals surface area contributed by atoms with Crippen LogP contribution in [0.3, 0.4) is 0 Å². The van der Waals surface area contributed by atoms with E-state index in [0.29, 0.717) is 0 Å². The Bertz CT molecular complexity index is 313. The zero-order valence-electron chi connectivity index (χ0n) is 10.4. The second-order valence-corrected chi connectivity index (χ2v) is 4.68. The SMILES string of the molecule is CCCC(C)(N)Cc1cc(CC)nn1C. The zero-order valence-corrected chi connectivity index (χ0v) is 10.4. The summed E-state index contributed by atoms with van der Waals surface area (Å²) >= 11 is 0. The molecule has 0 radical (unpaired) electrons. The second-order valence-electron chi connectivity index (χ2n) is 4.68. The van der Waals surface area contributed by atoms with Crippen molar-refractivity contribution in [3.8, 4) is 0 Å². The average Bonchev–Trinajstić information content (AvgIpc) is 2.46. The van der Waals surface area contributed by atoms with Crippen LogP contribution in [0.25, 0.3) is 0 Å². The van der Waals surface area contributed by atoms with Crippen molar-refractivity contribution in [3.05, 3.63) is 17.5 Å². The van der Waals surface area contributed by atoms with E-state index in [2.05, 4.69) is 31.9 Å². The van der Waals surface area contributed by atoms with E-state index in [0.717, 1.165) is 31.4 Å². The third kappa shape index (κ3) is 3.34. The summed E-state index contributed by atoms with van der Waals surface area (Å²) in [6, 6.07) is 2.17. The molecule has 2 N–H and O–H groups in total. The van der Waals surface area contributed by atoms with Gasteiger partial charge >= 0.3 is 0 Å². The van der Waals surface area contributed by atoms with Gasteiger partial charge in [-0.3, -0.25) is 4.68 Å². The van der Waals surface area contributed by atoms with Gasteiger partial charge in [-0.1, -0.05) is 20.3 Å². The van der Waals surface area contributed by atoms with Crippen LogP contribution in [-0.2, 0) is 19.9 Å². The fourth-order valence-electron chi connectivity index (χ4n) is 1.98. The van der Waals surface area contributed by atoms with Gasteiger partial charge in [-0.15, -0.1) is 0 Å². The van der Waals surface area contributed by atoms with Gasteiger partial charge in [-0.05, 0) is 25.8 Å². The van der Waals surface area contributed by atoms with Crippen LogP contribution < -0.4 is 5.73 Å². The van der Waals surface area contributed by atoms with Crippen molar-refractivity contribution in [3.63, 3.8) is 0 Å². The summed E-state index contributed by atoms with van der Waals surface area (Å²) in [6.07, 6.45) is 4.08. The zero-order chi connectivity index (χ0) is 11.5. The Morgan fingerprint density at radius 3 is 2.60 bits per heavy atom. The molecule has 0 saturated carbocycles. The van der Waals surface area contributed by atoms with Crippen molar-refractivity contribution in [2.45, 2.75) is 52.0 Å². The van der Waals surface area contributed by atoms with Crippen molar-refractivity contribution in [1.82, 2.24) is 9.78 Å². The van der Waals surface area contributed by atoms with E-state index in [-0.39, 0.29) is 5.54 Å². The molecule has 0 aliphatic heterocycles. The fraction of sp³-hybridized carbons (Fsp3) is 0.750. The highest BCUT2D eigenvalue weighted by atomic mass is 15.3. The predicted octanol–water partition coefficient (Wildman–Crippen LogP) is 2.04. The summed E-state index contributed by atoms with van der Waals surface area (Å²) in [6.45, 7) is 6.42. The van der Waals surface area contributed by atoms with Crippen LogP contribution >= 0.6 is 0 Å². The molecule has 0 saturated heterocycles. The molecule has 3 nitrogen and oxygen atoms in total. The largest absolute Gasteiger partial charge is 0.325 e. The van der Waals surface area contributed by atoms with Crippen molar-refractivity contribution >= 4 is 0 Å². The number of nitrogens with two attached hydrogens (primary N) is 1. The summed E-state index contributed by atoms with van der Waals surface area (Å²) < 4.78 is 1.96. The van der Waals surface area contributed by atoms with Gasteiger partial charge in [0.2, 0.25) is 0 Å². The van der Waals surface area contributed by atoms with Gasteiger partial charge < -0.3 is 5.73 Å². The molecule has 0 fully saturated rings. The lowest BCUT2D eigenvalue weighted by molar-refractivity contribution is 0.413. The molecule has 1 unspecified atom stereocenters. The van der Waals surface area contributed by atoms with Gasteiger partial charge in [0.05, 0.1) is 5.69 Å². The third-order valence-electron chi connectivity index (χ3n) is 2.80. The van der Waals surface area contributed by atoms with Crippen LogP contribution in [-0.4, -0.2) is 15.3 Å². The molecule has 0 amide bonds. The first-order valence-corrected chi connectivity index (χ1v) is 5.79. The standard InChI is InChI=1S/C12H23N3/c1-5-7-12(3,13)9-11-8-10(6-2)14-15(11)4/h8H,5-7,9,13H2,1-4H3. The highest BCUT2D eigenvalue weighted by Gasteiger charge is 2.20. The van der Waals surface area contributed by atoms with Crippen LogP contribution in [0.2, 0.25) is 0 Å². The molecule has 0 spiro atoms. The van der Waals surface area contributed by atoms with Gasteiger partial charge in [-0.25, -0.2) is 0 Å². The van der Waals surface area contributed by atoms with Crippen LogP contribution in [0.4, 0.5) is 0 Å². The molecule has 0 aliphatic rings. The van der Waals surface area contributed by atoms with Crippen molar-refractivity contribution in [2.24, 2.45) is 12.8 Å². The quantitative estimate of drug-likeness (QED) is 0.806. The van der Waals surface area contributed by atoms with Gasteiger partial charge in [-0.2, -0.15) is 5.10 Å². The maximum Gasteiger partial charge on any atom is 0.0624 e. The number of rotatable bonds is 5. The minimum absolute atomic E-state index is 0.104. The molecule has 1 aromatic rings. The number of nitrogens with zero attached hydrogens (tertiary/aromatic N) is 2. The van der Waals surface area contributed by atoms with Crippen LogP contribution in [0.5, 0.6) is 0 Å². The van der Waals surface area contributed by atoms with Gasteiger partial charge in [0.1, 0.15) is 0 Å². The molecular weight excluding hydrogens is 186 g/mol. The summed E-state index contributed by atoms with van der Waals surface area (Å²) in [7, 11) is 2.00. The van der Waals surface area contributed by atoms with Gasteiger partial charge in [0.15, 0.2) is 0 Å². The van der Waals surface area contributed by atoms with Crippen LogP contribution in [0, 0.1) is 0 Å². The van der Waals surface area contributed by atoms with Crippen LogP contribution in [0.15, 0.2) is 6.07 Å². The Morgan fingerprint density at radius 2 is 2.13 bits per heavy atom. The Kier molecular flexibility index (Phi) is 3.91. The Balaban J connectivity index is 2.75. The van der Waals surface area contributed by atoms with E-state index in [4.69, 9.17) is 5.73 Å². The number of hydrogen-bond donors (Lipinski definition) is 1. The molecule has 3 heteroatoms. The fourth-order valence-corrected chi connectivity index (χ4v) is 1.98. The predicted molar refractivity (Wildman–Crippen MR) is 63.8 cm³/mol. The lowest BCUT2D eigenvalue weighted by atomic mass is 9.92. The monoisotopic (exact) mass is 209 g/mol. The Labute approximate surface area is 92.7 Å². The number of aryl methyl sites for hydroxylation is 2. The van der Waals surface area contributed by atoms with Crippen molar-refractivity contribution < 1.29 is 0 Å². The van der Waals surface area contributed by atoms with E-state index in [1.807, 2.05) is 11.7 Å². The third-order valence-corrected chi connectivity index (χ3v) is 2.80. The van der Waals surface area contributed by atoms with E-state index in [1.54, 1.807) is 0 Å². The molecule has 0 bridgehead atoms. The lowest BCUT2D eigenvalue weighted by Gasteiger charge is -2.23. The second kappa shape index (κ2) is 4.79. The molecule has 0 aromatic carbocycles. The Morgan fingerprint density at radius 1 is 1.47 bits per heavy atom. The molecule has 0 aliphatic carbocycles. The lowest BCUT2D eigenvalue weighted by Crippen LogP contribution is -2.38. The van der Waals surface area contributed by atoms with E-state index in [1.165, 1.54) is 5.69 Å². The van der Waals surface area contributed by atoms with Crippen molar-refractivity contribution in [2.75, 3.05) is 0 Å². The van der Waals surface area contributed by atoms with Gasteiger partial charge in [0, 0.05) is 24.7 Å². The topological polar surface area (TPSA) is 43.8 Å². The summed E-state index contributed by atoms with van der Waals surface area (Å²) in [5, 5.41) is 4.43.